The number of benzene rings is 1. The lowest BCUT2D eigenvalue weighted by atomic mass is 10.0. The molecule has 2 atom stereocenters. The molecular formula is C19H27Cl2N7O6. The first-order valence-corrected chi connectivity index (χ1v) is 10.9. The second-order valence-corrected chi connectivity index (χ2v) is 8.44. The summed E-state index contributed by atoms with van der Waals surface area (Å²) in [5, 5.41) is 24.0. The van der Waals surface area contributed by atoms with Crippen LogP contribution in [0.3, 0.4) is 0 Å². The van der Waals surface area contributed by atoms with Crippen molar-refractivity contribution < 1.29 is 24.6 Å². The van der Waals surface area contributed by atoms with E-state index in [0.29, 0.717) is 5.02 Å². The Morgan fingerprint density at radius 3 is 2.41 bits per heavy atom. The third kappa shape index (κ3) is 10.2. The van der Waals surface area contributed by atoms with Gasteiger partial charge in [0, 0.05) is 11.6 Å². The highest BCUT2D eigenvalue weighted by Crippen LogP contribution is 2.21. The third-order valence-corrected chi connectivity index (χ3v) is 4.93. The van der Waals surface area contributed by atoms with Crippen LogP contribution in [0.5, 0.6) is 0 Å². The van der Waals surface area contributed by atoms with Crippen LogP contribution in [-0.2, 0) is 9.59 Å². The molecule has 0 saturated heterocycles. The maximum Gasteiger partial charge on any atom is 0.265 e. The van der Waals surface area contributed by atoms with Crippen LogP contribution in [0.1, 0.15) is 43.5 Å². The number of carbonyl (C=O) groups is 3. The van der Waals surface area contributed by atoms with Crippen LogP contribution in [0.4, 0.5) is 0 Å². The molecule has 1 aromatic rings. The largest absolute Gasteiger partial charge is 0.365 e. The fraction of sp³-hybridized carbons (Fsp3) is 0.474. The first kappa shape index (κ1) is 28.9. The number of nitrogens with zero attached hydrogens (tertiary/aromatic N) is 2. The highest BCUT2D eigenvalue weighted by atomic mass is 35.5. The van der Waals surface area contributed by atoms with Gasteiger partial charge >= 0.3 is 0 Å². The molecule has 0 aliphatic rings. The number of rotatable bonds is 12. The number of hydrazine groups is 1. The number of nitro groups is 1. The normalized spacial score (nSPS) is 13.1. The Morgan fingerprint density at radius 2 is 1.85 bits per heavy atom. The molecule has 0 aromatic heterocycles. The zero-order valence-corrected chi connectivity index (χ0v) is 20.0. The van der Waals surface area contributed by atoms with Crippen LogP contribution in [0.15, 0.2) is 23.2 Å². The molecule has 3 amide bonds. The Kier molecular flexibility index (Phi) is 12.0. The van der Waals surface area contributed by atoms with Gasteiger partial charge < -0.3 is 16.4 Å². The molecule has 1 aromatic carbocycles. The maximum atomic E-state index is 12.9. The summed E-state index contributed by atoms with van der Waals surface area (Å²) in [7, 11) is 0. The molecule has 13 nitrogen and oxygen atoms in total. The molecule has 1 rings (SSSR count). The molecule has 15 heteroatoms. The molecule has 0 heterocycles. The van der Waals surface area contributed by atoms with E-state index in [4.69, 9.17) is 34.1 Å². The van der Waals surface area contributed by atoms with Crippen LogP contribution in [0.25, 0.3) is 0 Å². The molecule has 0 unspecified atom stereocenters. The topological polar surface area (TPSA) is 201 Å². The highest BCUT2D eigenvalue weighted by molar-refractivity contribution is 6.36. The van der Waals surface area contributed by atoms with Gasteiger partial charge in [0.15, 0.2) is 5.03 Å². The number of hydroxylamine groups is 1. The van der Waals surface area contributed by atoms with E-state index in [1.165, 1.54) is 23.7 Å². The summed E-state index contributed by atoms with van der Waals surface area (Å²) < 4.78 is 0. The lowest BCUT2D eigenvalue weighted by Crippen LogP contribution is -2.53. The zero-order valence-electron chi connectivity index (χ0n) is 18.5. The monoisotopic (exact) mass is 519 g/mol. The summed E-state index contributed by atoms with van der Waals surface area (Å²) >= 11 is 11.9. The van der Waals surface area contributed by atoms with Crippen molar-refractivity contribution in [1.29, 1.82) is 0 Å². The average Bonchev–Trinajstić information content (AvgIpc) is 2.73. The van der Waals surface area contributed by atoms with Gasteiger partial charge in [0.1, 0.15) is 12.1 Å². The molecule has 0 fully saturated rings. The second-order valence-electron chi connectivity index (χ2n) is 7.60. The van der Waals surface area contributed by atoms with Gasteiger partial charge in [-0.3, -0.25) is 19.6 Å². The fourth-order valence-electron chi connectivity index (χ4n) is 2.86. The van der Waals surface area contributed by atoms with Crippen LogP contribution in [0, 0.1) is 16.0 Å². The van der Waals surface area contributed by atoms with Crippen LogP contribution < -0.4 is 27.3 Å². The predicted molar refractivity (Wildman–Crippen MR) is 125 cm³/mol. The van der Waals surface area contributed by atoms with Gasteiger partial charge in [0.25, 0.3) is 17.8 Å². The van der Waals surface area contributed by atoms with Gasteiger partial charge in [0.05, 0.1) is 10.6 Å². The smallest absolute Gasteiger partial charge is 0.265 e. The number of hydrogen-bond donors (Lipinski definition) is 6. The number of nitrogens with one attached hydrogen (secondary N) is 4. The van der Waals surface area contributed by atoms with E-state index in [9.17, 15) is 24.5 Å². The molecule has 34 heavy (non-hydrogen) atoms. The highest BCUT2D eigenvalue weighted by Gasteiger charge is 2.28. The minimum absolute atomic E-state index is 0.00765. The second kappa shape index (κ2) is 14.2. The van der Waals surface area contributed by atoms with Crippen molar-refractivity contribution in [3.63, 3.8) is 0 Å². The Morgan fingerprint density at radius 1 is 1.18 bits per heavy atom. The molecule has 0 aliphatic carbocycles. The number of guanidine groups is 1. The maximum absolute atomic E-state index is 12.9. The molecule has 0 saturated carbocycles. The lowest BCUT2D eigenvalue weighted by Gasteiger charge is -2.23. The van der Waals surface area contributed by atoms with Crippen molar-refractivity contribution in [1.82, 2.24) is 21.5 Å². The fourth-order valence-corrected chi connectivity index (χ4v) is 3.35. The number of amides is 3. The first-order valence-electron chi connectivity index (χ1n) is 10.2. The van der Waals surface area contributed by atoms with E-state index in [2.05, 4.69) is 15.6 Å². The van der Waals surface area contributed by atoms with Crippen LogP contribution >= 0.6 is 23.2 Å². The van der Waals surface area contributed by atoms with E-state index in [1.807, 2.05) is 13.8 Å². The van der Waals surface area contributed by atoms with Crippen LogP contribution in [-0.4, -0.2) is 52.5 Å². The van der Waals surface area contributed by atoms with Gasteiger partial charge in [-0.05, 0) is 43.4 Å². The standard InChI is InChI=1S/C19H27Cl2N7O6/c1-10(2)8-15(25-16(29)12-6-5-11(20)9-13(12)21)17(30)24-14(18(31)27-32)4-3-7-23-19(22)26-28(33)34/h5-6,9-10,14-15,32H,3-4,7-8H2,1-2H3,(H,24,30)(H,25,29)(H,27,31)(H3,22,23,26)/t14-,15-/m0/s1. The number of nitrogens with two attached hydrogens (primary N) is 1. The van der Waals surface area contributed by atoms with Gasteiger partial charge in [-0.25, -0.2) is 20.6 Å². The van der Waals surface area contributed by atoms with Gasteiger partial charge in [-0.2, -0.15) is 0 Å². The summed E-state index contributed by atoms with van der Waals surface area (Å²) in [5.41, 5.74) is 8.57. The lowest BCUT2D eigenvalue weighted by molar-refractivity contribution is -0.525. The van der Waals surface area contributed by atoms with E-state index >= 15 is 0 Å². The number of halogens is 2. The van der Waals surface area contributed by atoms with Crippen molar-refractivity contribution in [3.8, 4) is 0 Å². The number of carbonyl (C=O) groups excluding carboxylic acids is 3. The summed E-state index contributed by atoms with van der Waals surface area (Å²) in [6.07, 6.45) is 0.475. The Bertz CT molecular complexity index is 928. The first-order chi connectivity index (χ1) is 15.9. The Labute approximate surface area is 205 Å². The van der Waals surface area contributed by atoms with Gasteiger partial charge in [-0.15, -0.1) is 0 Å². The minimum atomic E-state index is -1.16. The van der Waals surface area contributed by atoms with Crippen molar-refractivity contribution in [2.24, 2.45) is 16.6 Å². The van der Waals surface area contributed by atoms with Gasteiger partial charge in [-0.1, -0.05) is 42.5 Å². The average molecular weight is 520 g/mol. The van der Waals surface area contributed by atoms with E-state index in [0.717, 1.165) is 0 Å². The molecule has 188 valence electrons. The molecule has 0 spiro atoms. The van der Waals surface area contributed by atoms with Crippen molar-refractivity contribution in [2.45, 2.75) is 45.2 Å². The quantitative estimate of drug-likeness (QED) is 0.0585. The minimum Gasteiger partial charge on any atom is -0.365 e. The third-order valence-electron chi connectivity index (χ3n) is 4.39. The number of aliphatic imine (C=N–C) groups is 1. The van der Waals surface area contributed by atoms with E-state index in [-0.39, 0.29) is 42.3 Å². The summed E-state index contributed by atoms with van der Waals surface area (Å²) in [5.74, 6) is -2.55. The summed E-state index contributed by atoms with van der Waals surface area (Å²) in [4.78, 5) is 51.6. The molecule has 0 aliphatic heterocycles. The van der Waals surface area contributed by atoms with Crippen molar-refractivity contribution in [3.05, 3.63) is 43.9 Å². The molecular weight excluding hydrogens is 493 g/mol. The SMILES string of the molecule is CC(C)C[C@H](NC(=O)c1ccc(Cl)cc1Cl)C(=O)N[C@@H](CCCN=C(N)N[N+](=O)[O-])C(=O)NO. The van der Waals surface area contributed by atoms with Crippen molar-refractivity contribution in [2.75, 3.05) is 6.54 Å². The van der Waals surface area contributed by atoms with Crippen LogP contribution in [0.2, 0.25) is 10.0 Å². The Hall–Kier alpha value is -3.16. The molecule has 7 N–H and O–H groups in total. The molecule has 0 radical (unpaired) electrons. The zero-order chi connectivity index (χ0) is 25.8. The number of hydrogen-bond acceptors (Lipinski definition) is 7. The van der Waals surface area contributed by atoms with Crippen molar-refractivity contribution >= 4 is 46.9 Å². The Balaban J connectivity index is 2.88. The summed E-state index contributed by atoms with van der Waals surface area (Å²) in [6.45, 7) is 3.71. The predicted octanol–water partition coefficient (Wildman–Crippen LogP) is 1.00. The summed E-state index contributed by atoms with van der Waals surface area (Å²) in [6, 6.07) is 2.13. The molecule has 0 bridgehead atoms. The van der Waals surface area contributed by atoms with E-state index < -0.39 is 40.8 Å². The van der Waals surface area contributed by atoms with Gasteiger partial charge in [0.2, 0.25) is 5.91 Å². The van der Waals surface area contributed by atoms with E-state index in [1.54, 1.807) is 5.43 Å².